The summed E-state index contributed by atoms with van der Waals surface area (Å²) in [5.74, 6) is 0. The van der Waals surface area contributed by atoms with Crippen molar-refractivity contribution in [2.45, 2.75) is 71.6 Å². The van der Waals surface area contributed by atoms with Gasteiger partial charge < -0.3 is 0 Å². The van der Waals surface area contributed by atoms with Crippen LogP contribution in [0.1, 0.15) is 72.1 Å². The lowest BCUT2D eigenvalue weighted by molar-refractivity contribution is 0.459. The standard InChI is InChI=1S/C19H28N2/c1-7-12-19(5,6)16-13-20-17-14(18(3,4)8-2)10-9-11-15(17)21-16/h9-11,13H,7-8,12H2,1-6H3. The Morgan fingerprint density at radius 1 is 1.00 bits per heavy atom. The van der Waals surface area contributed by atoms with Gasteiger partial charge in [-0.15, -0.1) is 0 Å². The van der Waals surface area contributed by atoms with E-state index in [4.69, 9.17) is 9.97 Å². The highest BCUT2D eigenvalue weighted by Gasteiger charge is 2.24. The molecule has 0 saturated heterocycles. The van der Waals surface area contributed by atoms with Crippen molar-refractivity contribution >= 4 is 11.0 Å². The van der Waals surface area contributed by atoms with Gasteiger partial charge >= 0.3 is 0 Å². The van der Waals surface area contributed by atoms with Crippen molar-refractivity contribution in [1.29, 1.82) is 0 Å². The molecule has 114 valence electrons. The van der Waals surface area contributed by atoms with E-state index in [2.05, 4.69) is 59.7 Å². The number of rotatable bonds is 5. The van der Waals surface area contributed by atoms with Crippen LogP contribution in [0.15, 0.2) is 24.4 Å². The molecule has 2 nitrogen and oxygen atoms in total. The van der Waals surface area contributed by atoms with Crippen molar-refractivity contribution in [2.24, 2.45) is 0 Å². The number of fused-ring (bicyclic) bond motifs is 1. The van der Waals surface area contributed by atoms with E-state index in [1.54, 1.807) is 0 Å². The van der Waals surface area contributed by atoms with Crippen molar-refractivity contribution in [3.63, 3.8) is 0 Å². The van der Waals surface area contributed by atoms with Crippen LogP contribution in [-0.2, 0) is 10.8 Å². The number of benzene rings is 1. The molecule has 0 aliphatic rings. The highest BCUT2D eigenvalue weighted by Crippen LogP contribution is 2.33. The molecular formula is C19H28N2. The highest BCUT2D eigenvalue weighted by atomic mass is 14.8. The van der Waals surface area contributed by atoms with E-state index in [1.165, 1.54) is 5.56 Å². The molecule has 0 N–H and O–H groups in total. The Balaban J connectivity index is 2.57. The largest absolute Gasteiger partial charge is 0.252 e. The van der Waals surface area contributed by atoms with Gasteiger partial charge in [0.2, 0.25) is 0 Å². The third kappa shape index (κ3) is 3.09. The average Bonchev–Trinajstić information content (AvgIpc) is 2.46. The van der Waals surface area contributed by atoms with Crippen molar-refractivity contribution < 1.29 is 0 Å². The third-order valence-corrected chi connectivity index (χ3v) is 4.75. The smallest absolute Gasteiger partial charge is 0.0924 e. The number of para-hydroxylation sites is 1. The van der Waals surface area contributed by atoms with Crippen molar-refractivity contribution in [3.8, 4) is 0 Å². The topological polar surface area (TPSA) is 25.8 Å². The van der Waals surface area contributed by atoms with Crippen LogP contribution in [0.5, 0.6) is 0 Å². The molecule has 0 aliphatic carbocycles. The minimum absolute atomic E-state index is 0.0895. The lowest BCUT2D eigenvalue weighted by Crippen LogP contribution is -2.20. The predicted octanol–water partition coefficient (Wildman–Crippen LogP) is 5.40. The summed E-state index contributed by atoms with van der Waals surface area (Å²) in [7, 11) is 0. The summed E-state index contributed by atoms with van der Waals surface area (Å²) in [5, 5.41) is 0. The number of hydrogen-bond donors (Lipinski definition) is 0. The molecule has 1 aromatic carbocycles. The van der Waals surface area contributed by atoms with Gasteiger partial charge in [0.15, 0.2) is 0 Å². The fourth-order valence-corrected chi connectivity index (χ4v) is 2.86. The first-order valence-electron chi connectivity index (χ1n) is 8.08. The molecule has 0 radical (unpaired) electrons. The maximum absolute atomic E-state index is 4.91. The fraction of sp³-hybridized carbons (Fsp3) is 0.579. The van der Waals surface area contributed by atoms with Gasteiger partial charge in [-0.3, -0.25) is 4.98 Å². The lowest BCUT2D eigenvalue weighted by atomic mass is 9.81. The second-order valence-electron chi connectivity index (χ2n) is 7.30. The van der Waals surface area contributed by atoms with E-state index in [0.717, 1.165) is 36.0 Å². The first kappa shape index (κ1) is 15.9. The Hall–Kier alpha value is -1.44. The van der Waals surface area contributed by atoms with Crippen LogP contribution in [0, 0.1) is 0 Å². The zero-order chi connectivity index (χ0) is 15.7. The molecule has 1 aromatic heterocycles. The Labute approximate surface area is 129 Å². The monoisotopic (exact) mass is 284 g/mol. The van der Waals surface area contributed by atoms with Gasteiger partial charge in [-0.1, -0.05) is 60.1 Å². The van der Waals surface area contributed by atoms with E-state index >= 15 is 0 Å². The SMILES string of the molecule is CCCC(C)(C)c1cnc2c(C(C)(C)CC)cccc2n1. The van der Waals surface area contributed by atoms with Crippen molar-refractivity contribution in [1.82, 2.24) is 9.97 Å². The predicted molar refractivity (Wildman–Crippen MR) is 90.8 cm³/mol. The second-order valence-corrected chi connectivity index (χ2v) is 7.30. The van der Waals surface area contributed by atoms with Crippen molar-refractivity contribution in [2.75, 3.05) is 0 Å². The van der Waals surface area contributed by atoms with Crippen LogP contribution < -0.4 is 0 Å². The van der Waals surface area contributed by atoms with Crippen LogP contribution in [0.4, 0.5) is 0 Å². The molecule has 1 heterocycles. The molecule has 0 fully saturated rings. The van der Waals surface area contributed by atoms with E-state index in [0.29, 0.717) is 0 Å². The Morgan fingerprint density at radius 3 is 2.33 bits per heavy atom. The maximum atomic E-state index is 4.91. The van der Waals surface area contributed by atoms with Crippen molar-refractivity contribution in [3.05, 3.63) is 35.7 Å². The number of hydrogen-bond acceptors (Lipinski definition) is 2. The van der Waals surface area contributed by atoms with Gasteiger partial charge in [-0.2, -0.15) is 0 Å². The minimum atomic E-state index is 0.0895. The summed E-state index contributed by atoms with van der Waals surface area (Å²) >= 11 is 0. The zero-order valence-corrected chi connectivity index (χ0v) is 14.3. The van der Waals surface area contributed by atoms with Crippen LogP contribution in [0.25, 0.3) is 11.0 Å². The first-order chi connectivity index (χ1) is 9.81. The molecule has 0 atom stereocenters. The molecule has 2 heteroatoms. The number of aromatic nitrogens is 2. The molecule has 0 saturated carbocycles. The molecule has 0 spiro atoms. The fourth-order valence-electron chi connectivity index (χ4n) is 2.86. The van der Waals surface area contributed by atoms with E-state index in [9.17, 15) is 0 Å². The summed E-state index contributed by atoms with van der Waals surface area (Å²) in [6.45, 7) is 13.5. The van der Waals surface area contributed by atoms with E-state index in [1.807, 2.05) is 6.20 Å². The Bertz CT molecular complexity index is 626. The molecule has 0 aliphatic heterocycles. The van der Waals surface area contributed by atoms with Gasteiger partial charge in [-0.05, 0) is 29.9 Å². The molecule has 2 aromatic rings. The van der Waals surface area contributed by atoms with Gasteiger partial charge in [0.25, 0.3) is 0 Å². The Kier molecular flexibility index (Phi) is 4.36. The molecule has 0 unspecified atom stereocenters. The van der Waals surface area contributed by atoms with E-state index < -0.39 is 0 Å². The molecular weight excluding hydrogens is 256 g/mol. The zero-order valence-electron chi connectivity index (χ0n) is 14.3. The van der Waals surface area contributed by atoms with Gasteiger partial charge in [0.05, 0.1) is 16.7 Å². The quantitative estimate of drug-likeness (QED) is 0.735. The summed E-state index contributed by atoms with van der Waals surface area (Å²) in [4.78, 5) is 9.69. The summed E-state index contributed by atoms with van der Waals surface area (Å²) < 4.78 is 0. The molecule has 2 rings (SSSR count). The van der Waals surface area contributed by atoms with Gasteiger partial charge in [-0.25, -0.2) is 4.98 Å². The van der Waals surface area contributed by atoms with Gasteiger partial charge in [0.1, 0.15) is 0 Å². The highest BCUT2D eigenvalue weighted by molar-refractivity contribution is 5.79. The average molecular weight is 284 g/mol. The summed E-state index contributed by atoms with van der Waals surface area (Å²) in [5.41, 5.74) is 4.70. The summed E-state index contributed by atoms with van der Waals surface area (Å²) in [6.07, 6.45) is 5.37. The lowest BCUT2D eigenvalue weighted by Gasteiger charge is -2.26. The second kappa shape index (κ2) is 5.75. The molecule has 0 amide bonds. The third-order valence-electron chi connectivity index (χ3n) is 4.75. The normalized spacial score (nSPS) is 12.9. The van der Waals surface area contributed by atoms with E-state index in [-0.39, 0.29) is 10.8 Å². The van der Waals surface area contributed by atoms with Crippen LogP contribution in [0.2, 0.25) is 0 Å². The molecule has 21 heavy (non-hydrogen) atoms. The first-order valence-corrected chi connectivity index (χ1v) is 8.08. The van der Waals surface area contributed by atoms with Gasteiger partial charge in [0, 0.05) is 11.6 Å². The van der Waals surface area contributed by atoms with Crippen LogP contribution in [0.3, 0.4) is 0 Å². The maximum Gasteiger partial charge on any atom is 0.0924 e. The van der Waals surface area contributed by atoms with Crippen LogP contribution >= 0.6 is 0 Å². The summed E-state index contributed by atoms with van der Waals surface area (Å²) in [6, 6.07) is 6.39. The minimum Gasteiger partial charge on any atom is -0.252 e. The molecule has 0 bridgehead atoms. The van der Waals surface area contributed by atoms with Crippen LogP contribution in [-0.4, -0.2) is 9.97 Å². The number of nitrogens with zero attached hydrogens (tertiary/aromatic N) is 2. The Morgan fingerprint density at radius 2 is 1.71 bits per heavy atom.